The van der Waals surface area contributed by atoms with Crippen LogP contribution in [-0.2, 0) is 13.0 Å². The normalized spacial score (nSPS) is 18.3. The number of hydrogen-bond acceptors (Lipinski definition) is 2. The number of aryl methyl sites for hydroxylation is 2. The lowest BCUT2D eigenvalue weighted by molar-refractivity contribution is 0.533. The second kappa shape index (κ2) is 4.63. The van der Waals surface area contributed by atoms with Crippen LogP contribution in [0.1, 0.15) is 33.3 Å². The van der Waals surface area contributed by atoms with Gasteiger partial charge in [-0.1, -0.05) is 24.3 Å². The molecule has 1 unspecified atom stereocenters. The molecule has 0 spiro atoms. The Balaban J connectivity index is 1.68. The molecule has 88 valence electrons. The first-order valence-corrected chi connectivity index (χ1v) is 7.01. The summed E-state index contributed by atoms with van der Waals surface area (Å²) in [5.74, 6) is 0. The SMILES string of the molecule is Cc1ccc(CNC2CCc3ccccc32)s1. The molecule has 1 aliphatic carbocycles. The molecule has 0 aliphatic heterocycles. The van der Waals surface area contributed by atoms with Gasteiger partial charge in [0.1, 0.15) is 0 Å². The molecule has 1 heterocycles. The van der Waals surface area contributed by atoms with Crippen molar-refractivity contribution in [3.8, 4) is 0 Å². The van der Waals surface area contributed by atoms with Gasteiger partial charge < -0.3 is 5.32 Å². The molecule has 2 aromatic rings. The van der Waals surface area contributed by atoms with Gasteiger partial charge in [-0.2, -0.15) is 0 Å². The maximum absolute atomic E-state index is 3.68. The molecule has 0 radical (unpaired) electrons. The van der Waals surface area contributed by atoms with Gasteiger partial charge in [0.15, 0.2) is 0 Å². The standard InChI is InChI=1S/C15H17NS/c1-11-6-8-13(17-11)10-16-15-9-7-12-4-2-3-5-14(12)15/h2-6,8,15-16H,7,9-10H2,1H3. The lowest BCUT2D eigenvalue weighted by atomic mass is 10.1. The van der Waals surface area contributed by atoms with Crippen molar-refractivity contribution in [2.45, 2.75) is 32.4 Å². The van der Waals surface area contributed by atoms with Crippen molar-refractivity contribution in [1.82, 2.24) is 5.32 Å². The second-order valence-corrected chi connectivity index (χ2v) is 6.06. The van der Waals surface area contributed by atoms with Crippen LogP contribution in [0.5, 0.6) is 0 Å². The highest BCUT2D eigenvalue weighted by molar-refractivity contribution is 7.11. The molecular formula is C15H17NS. The Morgan fingerprint density at radius 1 is 1.24 bits per heavy atom. The number of hydrogen-bond donors (Lipinski definition) is 1. The number of thiophene rings is 1. The zero-order valence-electron chi connectivity index (χ0n) is 10.1. The predicted molar refractivity (Wildman–Crippen MR) is 73.4 cm³/mol. The van der Waals surface area contributed by atoms with Crippen LogP contribution in [-0.4, -0.2) is 0 Å². The number of nitrogens with one attached hydrogen (secondary N) is 1. The van der Waals surface area contributed by atoms with Gasteiger partial charge in [-0.05, 0) is 43.0 Å². The van der Waals surface area contributed by atoms with Gasteiger partial charge in [0.2, 0.25) is 0 Å². The summed E-state index contributed by atoms with van der Waals surface area (Å²) in [6.45, 7) is 3.16. The van der Waals surface area contributed by atoms with Crippen molar-refractivity contribution in [2.75, 3.05) is 0 Å². The van der Waals surface area contributed by atoms with E-state index in [1.165, 1.54) is 33.7 Å². The van der Waals surface area contributed by atoms with Crippen molar-refractivity contribution in [3.63, 3.8) is 0 Å². The third-order valence-electron chi connectivity index (χ3n) is 3.45. The van der Waals surface area contributed by atoms with Crippen LogP contribution in [0.15, 0.2) is 36.4 Å². The molecule has 1 nitrogen and oxygen atoms in total. The van der Waals surface area contributed by atoms with Gasteiger partial charge in [-0.3, -0.25) is 0 Å². The summed E-state index contributed by atoms with van der Waals surface area (Å²) < 4.78 is 0. The lowest BCUT2D eigenvalue weighted by Gasteiger charge is -2.13. The van der Waals surface area contributed by atoms with Gasteiger partial charge in [-0.15, -0.1) is 11.3 Å². The lowest BCUT2D eigenvalue weighted by Crippen LogP contribution is -2.17. The molecule has 1 N–H and O–H groups in total. The first-order valence-electron chi connectivity index (χ1n) is 6.19. The van der Waals surface area contributed by atoms with Crippen molar-refractivity contribution in [1.29, 1.82) is 0 Å². The van der Waals surface area contributed by atoms with E-state index >= 15 is 0 Å². The third kappa shape index (κ3) is 2.28. The van der Waals surface area contributed by atoms with E-state index in [1.54, 1.807) is 0 Å². The minimum absolute atomic E-state index is 0.550. The minimum atomic E-state index is 0.550. The topological polar surface area (TPSA) is 12.0 Å². The van der Waals surface area contributed by atoms with Crippen LogP contribution >= 0.6 is 11.3 Å². The van der Waals surface area contributed by atoms with Crippen LogP contribution in [0.3, 0.4) is 0 Å². The maximum atomic E-state index is 3.68. The van der Waals surface area contributed by atoms with Crippen LogP contribution in [0.2, 0.25) is 0 Å². The van der Waals surface area contributed by atoms with Crippen LogP contribution < -0.4 is 5.32 Å². The Labute approximate surface area is 106 Å². The Bertz CT molecular complexity index is 515. The Hall–Kier alpha value is -1.12. The fourth-order valence-corrected chi connectivity index (χ4v) is 3.41. The summed E-state index contributed by atoms with van der Waals surface area (Å²) in [4.78, 5) is 2.83. The highest BCUT2D eigenvalue weighted by atomic mass is 32.1. The Morgan fingerprint density at radius 2 is 2.12 bits per heavy atom. The van der Waals surface area contributed by atoms with E-state index in [0.717, 1.165) is 6.54 Å². The quantitative estimate of drug-likeness (QED) is 0.864. The summed E-state index contributed by atoms with van der Waals surface area (Å²) in [6, 6.07) is 13.8. The van der Waals surface area contributed by atoms with Crippen molar-refractivity contribution in [2.24, 2.45) is 0 Å². The summed E-state index contributed by atoms with van der Waals surface area (Å²) in [7, 11) is 0. The first kappa shape index (κ1) is 11.0. The summed E-state index contributed by atoms with van der Waals surface area (Å²) in [6.07, 6.45) is 2.46. The van der Waals surface area contributed by atoms with Crippen LogP contribution in [0.25, 0.3) is 0 Å². The van der Waals surface area contributed by atoms with E-state index in [-0.39, 0.29) is 0 Å². The maximum Gasteiger partial charge on any atom is 0.0329 e. The molecule has 0 saturated carbocycles. The zero-order valence-corrected chi connectivity index (χ0v) is 10.9. The van der Waals surface area contributed by atoms with Crippen LogP contribution in [0.4, 0.5) is 0 Å². The largest absolute Gasteiger partial charge is 0.305 e. The minimum Gasteiger partial charge on any atom is -0.305 e. The van der Waals surface area contributed by atoms with Gasteiger partial charge in [0, 0.05) is 22.3 Å². The second-order valence-electron chi connectivity index (χ2n) is 4.68. The molecule has 1 aromatic heterocycles. The summed E-state index contributed by atoms with van der Waals surface area (Å²) in [5, 5.41) is 3.68. The fraction of sp³-hybridized carbons (Fsp3) is 0.333. The summed E-state index contributed by atoms with van der Waals surface area (Å²) >= 11 is 1.89. The van der Waals surface area contributed by atoms with E-state index in [2.05, 4.69) is 48.6 Å². The van der Waals surface area contributed by atoms with Crippen LogP contribution in [0, 0.1) is 6.92 Å². The van der Waals surface area contributed by atoms with Crippen molar-refractivity contribution >= 4 is 11.3 Å². The average Bonchev–Trinajstić information content (AvgIpc) is 2.93. The molecule has 1 aromatic carbocycles. The van der Waals surface area contributed by atoms with E-state index in [4.69, 9.17) is 0 Å². The highest BCUT2D eigenvalue weighted by Crippen LogP contribution is 2.31. The van der Waals surface area contributed by atoms with Gasteiger partial charge >= 0.3 is 0 Å². The van der Waals surface area contributed by atoms with Gasteiger partial charge in [0.05, 0.1) is 0 Å². The molecule has 17 heavy (non-hydrogen) atoms. The first-order chi connectivity index (χ1) is 8.33. The molecule has 0 bridgehead atoms. The van der Waals surface area contributed by atoms with Crippen molar-refractivity contribution in [3.05, 3.63) is 57.3 Å². The molecule has 0 amide bonds. The predicted octanol–water partition coefficient (Wildman–Crippen LogP) is 3.83. The molecule has 0 saturated heterocycles. The Morgan fingerprint density at radius 3 is 2.94 bits per heavy atom. The average molecular weight is 243 g/mol. The third-order valence-corrected chi connectivity index (χ3v) is 4.45. The molecular weight excluding hydrogens is 226 g/mol. The molecule has 3 rings (SSSR count). The molecule has 1 atom stereocenters. The molecule has 1 aliphatic rings. The monoisotopic (exact) mass is 243 g/mol. The van der Waals surface area contributed by atoms with E-state index < -0.39 is 0 Å². The number of fused-ring (bicyclic) bond motifs is 1. The molecule has 2 heteroatoms. The van der Waals surface area contributed by atoms with Gasteiger partial charge in [0.25, 0.3) is 0 Å². The highest BCUT2D eigenvalue weighted by Gasteiger charge is 2.20. The van der Waals surface area contributed by atoms with Gasteiger partial charge in [-0.25, -0.2) is 0 Å². The molecule has 0 fully saturated rings. The van der Waals surface area contributed by atoms with Crippen molar-refractivity contribution < 1.29 is 0 Å². The number of benzene rings is 1. The Kier molecular flexibility index (Phi) is 3.00. The smallest absolute Gasteiger partial charge is 0.0329 e. The van der Waals surface area contributed by atoms with E-state index in [9.17, 15) is 0 Å². The summed E-state index contributed by atoms with van der Waals surface area (Å²) in [5.41, 5.74) is 3.02. The fourth-order valence-electron chi connectivity index (χ4n) is 2.57. The van der Waals surface area contributed by atoms with E-state index in [0.29, 0.717) is 6.04 Å². The van der Waals surface area contributed by atoms with E-state index in [1.807, 2.05) is 11.3 Å². The number of rotatable bonds is 3. The zero-order chi connectivity index (χ0) is 11.7.